The number of carboxylic acids is 2. The van der Waals surface area contributed by atoms with Crippen LogP contribution in [0, 0.1) is 5.92 Å². The Labute approximate surface area is 190 Å². The number of primary amides is 1. The van der Waals surface area contributed by atoms with Gasteiger partial charge in [-0.25, -0.2) is 4.79 Å². The molecule has 0 fully saturated rings. The fraction of sp³-hybridized carbons (Fsp3) is 0.684. The second kappa shape index (κ2) is 14.7. The third-order valence-electron chi connectivity index (χ3n) is 4.45. The number of rotatable bonds is 16. The van der Waals surface area contributed by atoms with E-state index in [1.54, 1.807) is 0 Å². The highest BCUT2D eigenvalue weighted by Crippen LogP contribution is 2.06. The largest absolute Gasteiger partial charge is 0.481 e. The van der Waals surface area contributed by atoms with Gasteiger partial charge in [0, 0.05) is 12.8 Å². The summed E-state index contributed by atoms with van der Waals surface area (Å²) in [6, 6.07) is -5.45. The molecule has 4 amide bonds. The van der Waals surface area contributed by atoms with E-state index in [9.17, 15) is 28.8 Å². The predicted octanol–water partition coefficient (Wildman–Crippen LogP) is -2.98. The molecular weight excluding hydrogens is 442 g/mol. The topological polar surface area (TPSA) is 251 Å². The molecule has 0 radical (unpaired) electrons. The highest BCUT2D eigenvalue weighted by molar-refractivity contribution is 5.94. The van der Waals surface area contributed by atoms with Gasteiger partial charge in [-0.3, -0.25) is 24.0 Å². The van der Waals surface area contributed by atoms with Gasteiger partial charge in [0.25, 0.3) is 0 Å². The van der Waals surface area contributed by atoms with Crippen molar-refractivity contribution in [2.45, 2.75) is 70.1 Å². The fourth-order valence-corrected chi connectivity index (χ4v) is 2.72. The molecule has 0 spiro atoms. The molecule has 0 aromatic heterocycles. The minimum Gasteiger partial charge on any atom is -0.481 e. The summed E-state index contributed by atoms with van der Waals surface area (Å²) in [5, 5.41) is 33.6. The predicted molar refractivity (Wildman–Crippen MR) is 113 cm³/mol. The van der Waals surface area contributed by atoms with Gasteiger partial charge in [-0.05, 0) is 25.2 Å². The summed E-state index contributed by atoms with van der Waals surface area (Å²) in [5.41, 5.74) is 10.9. The summed E-state index contributed by atoms with van der Waals surface area (Å²) in [7, 11) is 0. The van der Waals surface area contributed by atoms with Crippen LogP contribution in [-0.2, 0) is 28.8 Å². The number of carbonyl (C=O) groups is 6. The molecule has 0 saturated carbocycles. The first-order valence-corrected chi connectivity index (χ1v) is 10.3. The highest BCUT2D eigenvalue weighted by Gasteiger charge is 2.30. The van der Waals surface area contributed by atoms with Crippen LogP contribution >= 0.6 is 0 Å². The van der Waals surface area contributed by atoms with E-state index in [-0.39, 0.29) is 18.8 Å². The zero-order valence-corrected chi connectivity index (χ0v) is 18.6. The molecule has 0 unspecified atom stereocenters. The first-order valence-electron chi connectivity index (χ1n) is 10.3. The molecule has 0 aliphatic rings. The lowest BCUT2D eigenvalue weighted by Gasteiger charge is -2.25. The molecule has 0 aromatic carbocycles. The fourth-order valence-electron chi connectivity index (χ4n) is 2.72. The van der Waals surface area contributed by atoms with Gasteiger partial charge in [0.15, 0.2) is 0 Å². The highest BCUT2D eigenvalue weighted by atomic mass is 16.4. The van der Waals surface area contributed by atoms with Crippen LogP contribution in [-0.4, -0.2) is 81.7 Å². The van der Waals surface area contributed by atoms with Crippen LogP contribution in [0.15, 0.2) is 0 Å². The number of aliphatic hydroxyl groups excluding tert-OH is 1. The molecule has 0 bridgehead atoms. The Morgan fingerprint density at radius 3 is 1.64 bits per heavy atom. The van der Waals surface area contributed by atoms with Gasteiger partial charge >= 0.3 is 11.9 Å². The Morgan fingerprint density at radius 2 is 1.24 bits per heavy atom. The van der Waals surface area contributed by atoms with E-state index in [2.05, 4.69) is 10.6 Å². The summed E-state index contributed by atoms with van der Waals surface area (Å²) >= 11 is 0. The van der Waals surface area contributed by atoms with E-state index in [0.717, 1.165) is 0 Å². The minimum atomic E-state index is -1.68. The molecule has 0 aromatic rings. The van der Waals surface area contributed by atoms with Crippen LogP contribution in [0.25, 0.3) is 0 Å². The molecule has 14 heteroatoms. The summed E-state index contributed by atoms with van der Waals surface area (Å²) in [4.78, 5) is 70.7. The van der Waals surface area contributed by atoms with Crippen molar-refractivity contribution in [2.24, 2.45) is 17.4 Å². The van der Waals surface area contributed by atoms with Crippen molar-refractivity contribution in [2.75, 3.05) is 6.61 Å². The summed E-state index contributed by atoms with van der Waals surface area (Å²) < 4.78 is 0. The van der Waals surface area contributed by atoms with Crippen molar-refractivity contribution in [3.63, 3.8) is 0 Å². The van der Waals surface area contributed by atoms with E-state index in [1.165, 1.54) is 0 Å². The molecule has 0 aliphatic heterocycles. The van der Waals surface area contributed by atoms with Gasteiger partial charge in [0.05, 0.1) is 12.6 Å². The van der Waals surface area contributed by atoms with Crippen LogP contribution in [0.4, 0.5) is 0 Å². The second-order valence-electron chi connectivity index (χ2n) is 7.88. The Bertz CT molecular complexity index is 728. The third kappa shape index (κ3) is 12.4. The number of hydrogen-bond donors (Lipinski definition) is 8. The number of hydrogen-bond acceptors (Lipinski definition) is 8. The average molecular weight is 475 g/mol. The number of nitrogens with two attached hydrogens (primary N) is 2. The van der Waals surface area contributed by atoms with Crippen molar-refractivity contribution < 1.29 is 44.1 Å². The van der Waals surface area contributed by atoms with Crippen molar-refractivity contribution in [3.05, 3.63) is 0 Å². The molecule has 4 atom stereocenters. The molecule has 0 saturated heterocycles. The number of aliphatic carboxylic acids is 2. The first kappa shape index (κ1) is 29.7. The molecule has 0 heterocycles. The Kier molecular flexibility index (Phi) is 13.3. The smallest absolute Gasteiger partial charge is 0.328 e. The van der Waals surface area contributed by atoms with E-state index in [1.807, 2.05) is 19.2 Å². The first-order chi connectivity index (χ1) is 15.3. The number of nitrogens with one attached hydrogen (secondary N) is 3. The van der Waals surface area contributed by atoms with Crippen LogP contribution in [0.5, 0.6) is 0 Å². The number of amides is 4. The molecular formula is C19H33N5O9. The Morgan fingerprint density at radius 1 is 0.788 bits per heavy atom. The van der Waals surface area contributed by atoms with Gasteiger partial charge in [-0.2, -0.15) is 0 Å². The zero-order chi connectivity index (χ0) is 25.7. The van der Waals surface area contributed by atoms with Gasteiger partial charge in [0.2, 0.25) is 23.6 Å². The quantitative estimate of drug-likeness (QED) is 0.112. The lowest BCUT2D eigenvalue weighted by atomic mass is 10.0. The SMILES string of the molecule is CC(C)C[C@H](N)C(=O)N[C@@H](CCC(N)=O)C(=O)N[C@@H](CCC(=O)O)C(=O)N[C@@H](CO)C(=O)O. The summed E-state index contributed by atoms with van der Waals surface area (Å²) in [5.74, 6) is -6.14. The van der Waals surface area contributed by atoms with E-state index in [4.69, 9.17) is 26.8 Å². The Balaban J connectivity index is 5.53. The van der Waals surface area contributed by atoms with Gasteiger partial charge in [0.1, 0.15) is 18.1 Å². The van der Waals surface area contributed by atoms with Gasteiger partial charge < -0.3 is 42.7 Å². The lowest BCUT2D eigenvalue weighted by molar-refractivity contribution is -0.144. The standard InChI is InChI=1S/C19H33N5O9/c1-9(2)7-10(20)16(29)22-11(3-5-14(21)26)17(30)23-12(4-6-15(27)28)18(31)24-13(8-25)19(32)33/h9-13,25H,3-8,20H2,1-2H3,(H2,21,26)(H,22,29)(H,23,30)(H,24,31)(H,27,28)(H,32,33)/t10-,11-,12-,13-/m0/s1. The molecule has 10 N–H and O–H groups in total. The maximum atomic E-state index is 12.8. The van der Waals surface area contributed by atoms with E-state index in [0.29, 0.717) is 6.42 Å². The number of aliphatic hydroxyl groups is 1. The van der Waals surface area contributed by atoms with Crippen LogP contribution in [0.3, 0.4) is 0 Å². The third-order valence-corrected chi connectivity index (χ3v) is 4.45. The van der Waals surface area contributed by atoms with Crippen molar-refractivity contribution in [3.8, 4) is 0 Å². The monoisotopic (exact) mass is 475 g/mol. The van der Waals surface area contributed by atoms with Crippen LogP contribution < -0.4 is 27.4 Å². The number of carbonyl (C=O) groups excluding carboxylic acids is 4. The molecule has 188 valence electrons. The van der Waals surface area contributed by atoms with E-state index >= 15 is 0 Å². The summed E-state index contributed by atoms with van der Waals surface area (Å²) in [6.07, 6.45) is -1.14. The molecule has 14 nitrogen and oxygen atoms in total. The Hall–Kier alpha value is -3.26. The lowest BCUT2D eigenvalue weighted by Crippen LogP contribution is -2.57. The van der Waals surface area contributed by atoms with Gasteiger partial charge in [-0.15, -0.1) is 0 Å². The van der Waals surface area contributed by atoms with Gasteiger partial charge in [-0.1, -0.05) is 13.8 Å². The van der Waals surface area contributed by atoms with Crippen LogP contribution in [0.2, 0.25) is 0 Å². The molecule has 33 heavy (non-hydrogen) atoms. The molecule has 0 aliphatic carbocycles. The zero-order valence-electron chi connectivity index (χ0n) is 18.6. The normalized spacial score (nSPS) is 14.5. The second-order valence-corrected chi connectivity index (χ2v) is 7.88. The van der Waals surface area contributed by atoms with E-state index < -0.39 is 79.2 Å². The number of carboxylic acid groups (broad SMARTS) is 2. The van der Waals surface area contributed by atoms with Crippen molar-refractivity contribution in [1.29, 1.82) is 0 Å². The molecule has 0 rings (SSSR count). The van der Waals surface area contributed by atoms with Crippen LogP contribution in [0.1, 0.15) is 46.0 Å². The maximum Gasteiger partial charge on any atom is 0.328 e. The average Bonchev–Trinajstić information content (AvgIpc) is 2.70. The minimum absolute atomic E-state index is 0.0847. The maximum absolute atomic E-state index is 12.8. The van der Waals surface area contributed by atoms with Crippen molar-refractivity contribution in [1.82, 2.24) is 16.0 Å². The van der Waals surface area contributed by atoms with Crippen molar-refractivity contribution >= 4 is 35.6 Å². The summed E-state index contributed by atoms with van der Waals surface area (Å²) in [6.45, 7) is 2.74.